The highest BCUT2D eigenvalue weighted by molar-refractivity contribution is 5.70. The van der Waals surface area contributed by atoms with E-state index in [-0.39, 0.29) is 24.8 Å². The van der Waals surface area contributed by atoms with Crippen LogP contribution in [0.25, 0.3) is 0 Å². The van der Waals surface area contributed by atoms with Crippen molar-refractivity contribution in [1.29, 1.82) is 0 Å². The summed E-state index contributed by atoms with van der Waals surface area (Å²) in [6.45, 7) is 6.56. The molecule has 0 spiro atoms. The first kappa shape index (κ1) is 13.2. The lowest BCUT2D eigenvalue weighted by molar-refractivity contribution is -0.183. The van der Waals surface area contributed by atoms with Crippen LogP contribution in [0.1, 0.15) is 32.6 Å². The Kier molecular flexibility index (Phi) is 6.11. The predicted octanol–water partition coefficient (Wildman–Crippen LogP) is 2.04. The number of carbonyl (C=O) groups excluding carboxylic acids is 1. The maximum atomic E-state index is 11.3. The van der Waals surface area contributed by atoms with Crippen molar-refractivity contribution in [1.82, 2.24) is 0 Å². The molecule has 1 aliphatic heterocycles. The van der Waals surface area contributed by atoms with Crippen LogP contribution in [-0.4, -0.2) is 31.6 Å². The first-order valence-corrected chi connectivity index (χ1v) is 5.81. The highest BCUT2D eigenvalue weighted by Crippen LogP contribution is 2.17. The molecule has 1 heterocycles. The van der Waals surface area contributed by atoms with Crippen molar-refractivity contribution in [3.8, 4) is 0 Å². The molecule has 2 atom stereocenters. The molecule has 1 saturated heterocycles. The molecule has 0 N–H and O–H groups in total. The van der Waals surface area contributed by atoms with Gasteiger partial charge < -0.3 is 14.2 Å². The van der Waals surface area contributed by atoms with Gasteiger partial charge in [0.2, 0.25) is 0 Å². The van der Waals surface area contributed by atoms with E-state index in [1.807, 2.05) is 0 Å². The fourth-order valence-electron chi connectivity index (χ4n) is 1.58. The van der Waals surface area contributed by atoms with E-state index in [0.717, 1.165) is 25.9 Å². The van der Waals surface area contributed by atoms with Crippen LogP contribution in [0.4, 0.5) is 0 Å². The number of rotatable bonds is 6. The van der Waals surface area contributed by atoms with Crippen molar-refractivity contribution in [3.05, 3.63) is 12.7 Å². The van der Waals surface area contributed by atoms with Gasteiger partial charge in [-0.3, -0.25) is 4.79 Å². The molecule has 92 valence electrons. The zero-order chi connectivity index (χ0) is 11.8. The van der Waals surface area contributed by atoms with Crippen molar-refractivity contribution in [2.45, 2.75) is 45.0 Å². The lowest BCUT2D eigenvalue weighted by atomic mass is 10.2. The van der Waals surface area contributed by atoms with Gasteiger partial charge in [-0.25, -0.2) is 0 Å². The Bertz CT molecular complexity index is 221. The molecule has 0 bridgehead atoms. The van der Waals surface area contributed by atoms with Gasteiger partial charge in [-0.05, 0) is 26.2 Å². The molecule has 0 amide bonds. The molecule has 0 aromatic rings. The first-order valence-electron chi connectivity index (χ1n) is 5.81. The molecular formula is C12H20O4. The van der Waals surface area contributed by atoms with E-state index in [2.05, 4.69) is 6.58 Å². The van der Waals surface area contributed by atoms with E-state index >= 15 is 0 Å². The van der Waals surface area contributed by atoms with E-state index in [9.17, 15) is 4.79 Å². The minimum absolute atomic E-state index is 0.203. The average Bonchev–Trinajstić information content (AvgIpc) is 2.30. The van der Waals surface area contributed by atoms with E-state index in [1.165, 1.54) is 0 Å². The van der Waals surface area contributed by atoms with Crippen LogP contribution in [0.3, 0.4) is 0 Å². The van der Waals surface area contributed by atoms with Gasteiger partial charge in [-0.15, -0.1) is 6.58 Å². The Morgan fingerprint density at radius 3 is 3.00 bits per heavy atom. The largest absolute Gasteiger partial charge is 0.466 e. The summed E-state index contributed by atoms with van der Waals surface area (Å²) in [5.41, 5.74) is 0. The summed E-state index contributed by atoms with van der Waals surface area (Å²) < 4.78 is 15.9. The van der Waals surface area contributed by atoms with Crippen molar-refractivity contribution in [2.75, 3.05) is 13.2 Å². The van der Waals surface area contributed by atoms with E-state index in [0.29, 0.717) is 6.61 Å². The van der Waals surface area contributed by atoms with Crippen LogP contribution >= 0.6 is 0 Å². The summed E-state index contributed by atoms with van der Waals surface area (Å²) >= 11 is 0. The normalized spacial score (nSPS) is 22.4. The monoisotopic (exact) mass is 228 g/mol. The van der Waals surface area contributed by atoms with Gasteiger partial charge >= 0.3 is 5.97 Å². The second-order valence-electron chi connectivity index (χ2n) is 3.72. The molecule has 0 radical (unpaired) electrons. The molecule has 0 saturated carbocycles. The molecule has 16 heavy (non-hydrogen) atoms. The van der Waals surface area contributed by atoms with Crippen molar-refractivity contribution in [3.63, 3.8) is 0 Å². The Hall–Kier alpha value is -0.870. The van der Waals surface area contributed by atoms with Gasteiger partial charge in [0.05, 0.1) is 19.1 Å². The van der Waals surface area contributed by atoms with Crippen molar-refractivity contribution in [2.24, 2.45) is 0 Å². The SMILES string of the molecule is C=C[C@@H](CC(=O)OCC)OC1CCCCO1. The maximum Gasteiger partial charge on any atom is 0.308 e. The lowest BCUT2D eigenvalue weighted by Crippen LogP contribution is -2.28. The quantitative estimate of drug-likeness (QED) is 0.515. The summed E-state index contributed by atoms with van der Waals surface area (Å²) in [6, 6.07) is 0. The van der Waals surface area contributed by atoms with Gasteiger partial charge in [0.1, 0.15) is 0 Å². The van der Waals surface area contributed by atoms with Gasteiger partial charge in [-0.2, -0.15) is 0 Å². The molecule has 0 aliphatic carbocycles. The number of hydrogen-bond donors (Lipinski definition) is 0. The van der Waals surface area contributed by atoms with Crippen LogP contribution in [-0.2, 0) is 19.0 Å². The minimum Gasteiger partial charge on any atom is -0.466 e. The molecule has 4 heteroatoms. The Morgan fingerprint density at radius 1 is 1.62 bits per heavy atom. The standard InChI is InChI=1S/C12H20O4/c1-3-10(9-11(13)14-4-2)16-12-7-5-6-8-15-12/h3,10,12H,1,4-9H2,2H3/t10-,12?/m0/s1. The van der Waals surface area contributed by atoms with E-state index < -0.39 is 0 Å². The smallest absolute Gasteiger partial charge is 0.308 e. The van der Waals surface area contributed by atoms with E-state index in [4.69, 9.17) is 14.2 Å². The van der Waals surface area contributed by atoms with E-state index in [1.54, 1.807) is 13.0 Å². The second-order valence-corrected chi connectivity index (χ2v) is 3.72. The van der Waals surface area contributed by atoms with Crippen molar-refractivity contribution >= 4 is 5.97 Å². The van der Waals surface area contributed by atoms with Crippen LogP contribution in [0.15, 0.2) is 12.7 Å². The zero-order valence-corrected chi connectivity index (χ0v) is 9.81. The van der Waals surface area contributed by atoms with Gasteiger partial charge in [-0.1, -0.05) is 6.08 Å². The van der Waals surface area contributed by atoms with Gasteiger partial charge in [0.15, 0.2) is 6.29 Å². The Labute approximate surface area is 96.6 Å². The molecule has 0 aromatic carbocycles. The Balaban J connectivity index is 2.29. The predicted molar refractivity (Wildman–Crippen MR) is 59.9 cm³/mol. The second kappa shape index (κ2) is 7.41. The molecule has 1 fully saturated rings. The van der Waals surface area contributed by atoms with Crippen LogP contribution in [0.2, 0.25) is 0 Å². The lowest BCUT2D eigenvalue weighted by Gasteiger charge is -2.25. The van der Waals surface area contributed by atoms with Crippen LogP contribution in [0, 0.1) is 0 Å². The highest BCUT2D eigenvalue weighted by atomic mass is 16.7. The highest BCUT2D eigenvalue weighted by Gasteiger charge is 2.20. The van der Waals surface area contributed by atoms with Crippen molar-refractivity contribution < 1.29 is 19.0 Å². The summed E-state index contributed by atoms with van der Waals surface area (Å²) in [7, 11) is 0. The molecule has 1 aliphatic rings. The zero-order valence-electron chi connectivity index (χ0n) is 9.81. The average molecular weight is 228 g/mol. The number of ether oxygens (including phenoxy) is 3. The number of hydrogen-bond acceptors (Lipinski definition) is 4. The third-order valence-corrected chi connectivity index (χ3v) is 2.40. The summed E-state index contributed by atoms with van der Waals surface area (Å²) in [5.74, 6) is -0.261. The fraction of sp³-hybridized carbons (Fsp3) is 0.750. The summed E-state index contributed by atoms with van der Waals surface area (Å²) in [4.78, 5) is 11.3. The molecule has 1 rings (SSSR count). The van der Waals surface area contributed by atoms with Gasteiger partial charge in [0, 0.05) is 6.61 Å². The topological polar surface area (TPSA) is 44.8 Å². The third kappa shape index (κ3) is 4.77. The van der Waals surface area contributed by atoms with Crippen LogP contribution in [0.5, 0.6) is 0 Å². The first-order chi connectivity index (χ1) is 7.76. The molecule has 4 nitrogen and oxygen atoms in total. The van der Waals surface area contributed by atoms with Gasteiger partial charge in [0.25, 0.3) is 0 Å². The summed E-state index contributed by atoms with van der Waals surface area (Å²) in [6.07, 6.45) is 4.37. The minimum atomic E-state index is -0.317. The third-order valence-electron chi connectivity index (χ3n) is 2.40. The molecule has 0 aromatic heterocycles. The number of esters is 1. The summed E-state index contributed by atoms with van der Waals surface area (Å²) in [5, 5.41) is 0. The Morgan fingerprint density at radius 2 is 2.44 bits per heavy atom. The fourth-order valence-corrected chi connectivity index (χ4v) is 1.58. The maximum absolute atomic E-state index is 11.3. The molecular weight excluding hydrogens is 208 g/mol. The number of carbonyl (C=O) groups is 1. The molecule has 1 unspecified atom stereocenters. The van der Waals surface area contributed by atoms with Crippen LogP contribution < -0.4 is 0 Å².